The molecule has 1 aliphatic carbocycles. The maximum Gasteiger partial charge on any atom is 0.252 e. The minimum absolute atomic E-state index is 0.0642. The third kappa shape index (κ3) is 3.85. The molecule has 0 spiro atoms. The highest BCUT2D eigenvalue weighted by molar-refractivity contribution is 6.05. The molecule has 6 heteroatoms. The van der Waals surface area contributed by atoms with Crippen molar-refractivity contribution in [1.82, 2.24) is 25.4 Å². The fraction of sp³-hybridized carbons (Fsp3) is 0.381. The summed E-state index contributed by atoms with van der Waals surface area (Å²) in [6.07, 6.45) is 4.05. The molecule has 2 aromatic heterocycles. The molecule has 0 aliphatic heterocycles. The van der Waals surface area contributed by atoms with Crippen LogP contribution in [0.1, 0.15) is 47.3 Å². The number of aromatic nitrogens is 3. The molecule has 0 bridgehead atoms. The zero-order valence-corrected chi connectivity index (χ0v) is 15.8. The van der Waals surface area contributed by atoms with Crippen molar-refractivity contribution in [2.24, 2.45) is 0 Å². The number of carbonyl (C=O) groups excluding carboxylic acids is 1. The van der Waals surface area contributed by atoms with Gasteiger partial charge in [-0.05, 0) is 38.4 Å². The van der Waals surface area contributed by atoms with E-state index in [0.29, 0.717) is 24.6 Å². The van der Waals surface area contributed by atoms with Crippen molar-refractivity contribution >= 4 is 16.9 Å². The van der Waals surface area contributed by atoms with E-state index in [1.807, 2.05) is 42.9 Å². The number of nitrogens with zero attached hydrogens (tertiary/aromatic N) is 3. The maximum absolute atomic E-state index is 12.8. The molecule has 1 aromatic carbocycles. The largest absolute Gasteiger partial charge is 0.350 e. The normalized spacial score (nSPS) is 15.0. The van der Waals surface area contributed by atoms with Gasteiger partial charge in [-0.25, -0.2) is 9.67 Å². The Morgan fingerprint density at radius 2 is 2.07 bits per heavy atom. The van der Waals surface area contributed by atoms with Crippen LogP contribution in [0.5, 0.6) is 0 Å². The Hall–Kier alpha value is -2.73. The highest BCUT2D eigenvalue weighted by Gasteiger charge is 2.28. The van der Waals surface area contributed by atoms with Gasteiger partial charge >= 0.3 is 0 Å². The molecule has 0 saturated heterocycles. The van der Waals surface area contributed by atoms with Crippen LogP contribution < -0.4 is 10.6 Å². The Morgan fingerprint density at radius 1 is 1.30 bits per heavy atom. The summed E-state index contributed by atoms with van der Waals surface area (Å²) < 4.78 is 1.89. The minimum atomic E-state index is -0.0642. The molecule has 6 nitrogen and oxygen atoms in total. The number of rotatable bonds is 7. The zero-order chi connectivity index (χ0) is 18.8. The Labute approximate surface area is 159 Å². The lowest BCUT2D eigenvalue weighted by molar-refractivity contribution is 0.0952. The summed E-state index contributed by atoms with van der Waals surface area (Å²) in [4.78, 5) is 17.7. The number of fused-ring (bicyclic) bond motifs is 1. The molecule has 3 aromatic rings. The molecule has 1 aliphatic rings. The van der Waals surface area contributed by atoms with Crippen molar-refractivity contribution in [2.75, 3.05) is 13.6 Å². The molecule has 2 heterocycles. The predicted octanol–water partition coefficient (Wildman–Crippen LogP) is 2.69. The van der Waals surface area contributed by atoms with Gasteiger partial charge in [0, 0.05) is 24.2 Å². The first-order chi connectivity index (χ1) is 13.2. The SMILES string of the molecule is CNC(C)CNC(=O)c1cc(C2CC2)nc2c1cnn2Cc1ccccc1. The van der Waals surface area contributed by atoms with Gasteiger partial charge in [0.15, 0.2) is 5.65 Å². The number of nitrogens with one attached hydrogen (secondary N) is 2. The van der Waals surface area contributed by atoms with Crippen LogP contribution in [-0.2, 0) is 6.54 Å². The Kier molecular flexibility index (Phi) is 4.90. The number of pyridine rings is 1. The fourth-order valence-electron chi connectivity index (χ4n) is 3.16. The number of benzene rings is 1. The van der Waals surface area contributed by atoms with Crippen LogP contribution in [0.2, 0.25) is 0 Å². The first-order valence-corrected chi connectivity index (χ1v) is 9.51. The van der Waals surface area contributed by atoms with E-state index in [0.717, 1.165) is 35.1 Å². The highest BCUT2D eigenvalue weighted by Crippen LogP contribution is 2.40. The van der Waals surface area contributed by atoms with Gasteiger partial charge in [0.05, 0.1) is 23.7 Å². The minimum Gasteiger partial charge on any atom is -0.350 e. The molecule has 140 valence electrons. The van der Waals surface area contributed by atoms with Crippen molar-refractivity contribution in [3.8, 4) is 0 Å². The molecule has 1 fully saturated rings. The van der Waals surface area contributed by atoms with Crippen molar-refractivity contribution < 1.29 is 4.79 Å². The van der Waals surface area contributed by atoms with E-state index in [2.05, 4.69) is 27.9 Å². The summed E-state index contributed by atoms with van der Waals surface area (Å²) in [5.74, 6) is 0.405. The number of carbonyl (C=O) groups is 1. The lowest BCUT2D eigenvalue weighted by Gasteiger charge is -2.13. The smallest absolute Gasteiger partial charge is 0.252 e. The molecule has 1 amide bonds. The average molecular weight is 363 g/mol. The lowest BCUT2D eigenvalue weighted by Crippen LogP contribution is -2.37. The second kappa shape index (κ2) is 7.48. The fourth-order valence-corrected chi connectivity index (χ4v) is 3.16. The van der Waals surface area contributed by atoms with Gasteiger partial charge in [-0.1, -0.05) is 30.3 Å². The first-order valence-electron chi connectivity index (χ1n) is 9.51. The first kappa shape index (κ1) is 17.7. The van der Waals surface area contributed by atoms with Crippen LogP contribution >= 0.6 is 0 Å². The van der Waals surface area contributed by atoms with Crippen LogP contribution in [0, 0.1) is 0 Å². The van der Waals surface area contributed by atoms with Gasteiger partial charge in [0.25, 0.3) is 5.91 Å². The number of hydrogen-bond acceptors (Lipinski definition) is 4. The Morgan fingerprint density at radius 3 is 2.78 bits per heavy atom. The lowest BCUT2D eigenvalue weighted by atomic mass is 10.1. The van der Waals surface area contributed by atoms with Crippen LogP contribution in [0.4, 0.5) is 0 Å². The van der Waals surface area contributed by atoms with E-state index >= 15 is 0 Å². The second-order valence-electron chi connectivity index (χ2n) is 7.29. The summed E-state index contributed by atoms with van der Waals surface area (Å²) in [5.41, 5.74) is 3.62. The molecule has 1 saturated carbocycles. The van der Waals surface area contributed by atoms with Crippen molar-refractivity contribution in [3.63, 3.8) is 0 Å². The summed E-state index contributed by atoms with van der Waals surface area (Å²) in [5, 5.41) is 11.5. The summed E-state index contributed by atoms with van der Waals surface area (Å²) in [7, 11) is 1.89. The molecule has 2 N–H and O–H groups in total. The molecule has 1 atom stereocenters. The number of hydrogen-bond donors (Lipinski definition) is 2. The van der Waals surface area contributed by atoms with Crippen LogP contribution in [0.15, 0.2) is 42.6 Å². The quantitative estimate of drug-likeness (QED) is 0.677. The third-order valence-corrected chi connectivity index (χ3v) is 5.11. The van der Waals surface area contributed by atoms with Gasteiger partial charge in [0.1, 0.15) is 0 Å². The van der Waals surface area contributed by atoms with E-state index in [1.165, 1.54) is 0 Å². The van der Waals surface area contributed by atoms with Gasteiger partial charge in [-0.3, -0.25) is 4.79 Å². The highest BCUT2D eigenvalue weighted by atomic mass is 16.1. The van der Waals surface area contributed by atoms with Crippen molar-refractivity contribution in [2.45, 2.75) is 38.3 Å². The van der Waals surface area contributed by atoms with Crippen molar-refractivity contribution in [1.29, 1.82) is 0 Å². The van der Waals surface area contributed by atoms with Crippen molar-refractivity contribution in [3.05, 3.63) is 59.4 Å². The Bertz CT molecular complexity index is 946. The summed E-state index contributed by atoms with van der Waals surface area (Å²) >= 11 is 0. The van der Waals surface area contributed by atoms with E-state index in [9.17, 15) is 4.79 Å². The number of amides is 1. The molecule has 1 unspecified atom stereocenters. The number of likely N-dealkylation sites (N-methyl/N-ethyl adjacent to an activating group) is 1. The summed E-state index contributed by atoms with van der Waals surface area (Å²) in [6, 6.07) is 12.4. The standard InChI is InChI=1S/C21H25N5O/c1-14(22-2)11-23-21(27)17-10-19(16-8-9-16)25-20-18(17)12-24-26(20)13-15-6-4-3-5-7-15/h3-7,10,12,14,16,22H,8-9,11,13H2,1-2H3,(H,23,27). The van der Waals surface area contributed by atoms with Crippen LogP contribution in [-0.4, -0.2) is 40.3 Å². The van der Waals surface area contributed by atoms with Gasteiger partial charge in [-0.2, -0.15) is 5.10 Å². The Balaban J connectivity index is 1.69. The third-order valence-electron chi connectivity index (χ3n) is 5.11. The zero-order valence-electron chi connectivity index (χ0n) is 15.8. The summed E-state index contributed by atoms with van der Waals surface area (Å²) in [6.45, 7) is 3.26. The van der Waals surface area contributed by atoms with Gasteiger partial charge in [0.2, 0.25) is 0 Å². The molecular weight excluding hydrogens is 338 g/mol. The van der Waals surface area contributed by atoms with E-state index in [1.54, 1.807) is 6.20 Å². The second-order valence-corrected chi connectivity index (χ2v) is 7.29. The molecule has 27 heavy (non-hydrogen) atoms. The topological polar surface area (TPSA) is 71.8 Å². The molecule has 4 rings (SSSR count). The van der Waals surface area contributed by atoms with E-state index in [-0.39, 0.29) is 11.9 Å². The van der Waals surface area contributed by atoms with Gasteiger partial charge in [-0.15, -0.1) is 0 Å². The predicted molar refractivity (Wildman–Crippen MR) is 106 cm³/mol. The monoisotopic (exact) mass is 363 g/mol. The van der Waals surface area contributed by atoms with Crippen LogP contribution in [0.3, 0.4) is 0 Å². The average Bonchev–Trinajstić information content (AvgIpc) is 3.48. The van der Waals surface area contributed by atoms with Gasteiger partial charge < -0.3 is 10.6 Å². The van der Waals surface area contributed by atoms with E-state index in [4.69, 9.17) is 4.98 Å². The van der Waals surface area contributed by atoms with Crippen LogP contribution in [0.25, 0.3) is 11.0 Å². The van der Waals surface area contributed by atoms with E-state index < -0.39 is 0 Å². The molecular formula is C21H25N5O. The molecule has 0 radical (unpaired) electrons. The maximum atomic E-state index is 12.8.